The SMILES string of the molecule is c1ccc(-c2ccccc2N(c2ccc3c(c2)C2(c4ccccc4-3)c3ccc4ccccc4c3Oc3c2ccc2ccccc32)c2cccc3c2-c2ccccc2C32c3ccccc3-c3ccccc32)cc1. The summed E-state index contributed by atoms with van der Waals surface area (Å²) in [6.45, 7) is 0. The maximum Gasteiger partial charge on any atom is 0.140 e. The molecule has 2 heteroatoms. The van der Waals surface area contributed by atoms with Crippen molar-refractivity contribution in [2.24, 2.45) is 0 Å². The lowest BCUT2D eigenvalue weighted by atomic mass is 9.65. The second-order valence-electron chi connectivity index (χ2n) is 19.8. The van der Waals surface area contributed by atoms with Crippen LogP contribution in [0.3, 0.4) is 0 Å². The smallest absolute Gasteiger partial charge is 0.140 e. The third-order valence-corrected chi connectivity index (χ3v) is 16.5. The van der Waals surface area contributed by atoms with Crippen molar-refractivity contribution in [3.8, 4) is 56.0 Å². The molecule has 0 N–H and O–H groups in total. The van der Waals surface area contributed by atoms with Gasteiger partial charge < -0.3 is 9.64 Å². The highest BCUT2D eigenvalue weighted by Crippen LogP contribution is 2.67. The van der Waals surface area contributed by atoms with Gasteiger partial charge in [-0.3, -0.25) is 0 Å². The van der Waals surface area contributed by atoms with Gasteiger partial charge in [-0.25, -0.2) is 0 Å². The highest BCUT2D eigenvalue weighted by atomic mass is 16.5. The van der Waals surface area contributed by atoms with Crippen LogP contribution in [0.5, 0.6) is 11.5 Å². The highest BCUT2D eigenvalue weighted by Gasteiger charge is 2.54. The zero-order valence-electron chi connectivity index (χ0n) is 39.2. The summed E-state index contributed by atoms with van der Waals surface area (Å²) >= 11 is 0. The standard InChI is InChI=1S/C70H43NO/c1-2-19-44(20-3-1)48-23-12-17-35-64(48)71(65-36-18-34-60-66(65)55-29-11-16-33-59(55)69(60)56-30-13-8-26-51(56)52-27-9-14-31-57(52)69)47-39-40-54-53-28-10-15-32-58(53)70(63(54)43-47)61-41-37-45-21-4-6-24-49(45)67(61)72-68-50-25-7-5-22-46(50)38-42-62(68)70/h1-43H. The van der Waals surface area contributed by atoms with Crippen molar-refractivity contribution in [3.05, 3.63) is 305 Å². The summed E-state index contributed by atoms with van der Waals surface area (Å²) in [5.74, 6) is 1.83. The largest absolute Gasteiger partial charge is 0.455 e. The van der Waals surface area contributed by atoms with Crippen molar-refractivity contribution in [2.75, 3.05) is 4.90 Å². The molecule has 0 fully saturated rings. The number of nitrogens with zero attached hydrogens (tertiary/aromatic N) is 1. The number of fused-ring (bicyclic) bond motifs is 23. The Balaban J connectivity index is 1.03. The Bertz CT molecular complexity index is 4150. The van der Waals surface area contributed by atoms with E-state index in [1.165, 1.54) is 66.8 Å². The molecule has 12 aromatic rings. The van der Waals surface area contributed by atoms with Crippen LogP contribution in [-0.2, 0) is 10.8 Å². The predicted molar refractivity (Wildman–Crippen MR) is 295 cm³/mol. The summed E-state index contributed by atoms with van der Waals surface area (Å²) in [6, 6.07) is 97.3. The molecular weight excluding hydrogens is 871 g/mol. The summed E-state index contributed by atoms with van der Waals surface area (Å²) in [7, 11) is 0. The number of ether oxygens (including phenoxy) is 1. The maximum absolute atomic E-state index is 7.37. The minimum atomic E-state index is -0.712. The molecule has 12 aromatic carbocycles. The molecule has 1 aliphatic heterocycles. The Kier molecular flexibility index (Phi) is 8.05. The Labute approximate surface area is 418 Å². The molecule has 0 saturated heterocycles. The number of hydrogen-bond donors (Lipinski definition) is 0. The second kappa shape index (κ2) is 14.6. The molecule has 1 heterocycles. The zero-order chi connectivity index (χ0) is 47.1. The molecule has 4 aliphatic rings. The normalized spacial score (nSPS) is 14.2. The average molecular weight is 914 g/mol. The quantitative estimate of drug-likeness (QED) is 0.174. The van der Waals surface area contributed by atoms with Gasteiger partial charge in [-0.15, -0.1) is 0 Å². The topological polar surface area (TPSA) is 12.5 Å². The molecule has 0 unspecified atom stereocenters. The van der Waals surface area contributed by atoms with Crippen LogP contribution in [0.4, 0.5) is 17.1 Å². The molecule has 0 amide bonds. The van der Waals surface area contributed by atoms with Gasteiger partial charge in [-0.05, 0) is 102 Å². The Morgan fingerprint density at radius 2 is 0.722 bits per heavy atom. The van der Waals surface area contributed by atoms with E-state index in [1.807, 2.05) is 0 Å². The first-order valence-corrected chi connectivity index (χ1v) is 25.1. The number of anilines is 3. The maximum atomic E-state index is 7.37. The molecule has 2 nitrogen and oxygen atoms in total. The van der Waals surface area contributed by atoms with Crippen LogP contribution >= 0.6 is 0 Å². The van der Waals surface area contributed by atoms with Gasteiger partial charge in [0.1, 0.15) is 11.5 Å². The van der Waals surface area contributed by atoms with Crippen LogP contribution in [0.2, 0.25) is 0 Å². The highest BCUT2D eigenvalue weighted by molar-refractivity contribution is 6.04. The van der Waals surface area contributed by atoms with Crippen molar-refractivity contribution in [1.29, 1.82) is 0 Å². The molecule has 334 valence electrons. The fraction of sp³-hybridized carbons (Fsp3) is 0.0286. The van der Waals surface area contributed by atoms with Gasteiger partial charge in [-0.1, -0.05) is 237 Å². The van der Waals surface area contributed by atoms with Gasteiger partial charge in [0.25, 0.3) is 0 Å². The summed E-state index contributed by atoms with van der Waals surface area (Å²) in [4.78, 5) is 2.57. The van der Waals surface area contributed by atoms with Crippen molar-refractivity contribution in [1.82, 2.24) is 0 Å². The number of para-hydroxylation sites is 1. The van der Waals surface area contributed by atoms with Crippen molar-refractivity contribution in [2.45, 2.75) is 10.8 Å². The Morgan fingerprint density at radius 1 is 0.278 bits per heavy atom. The lowest BCUT2D eigenvalue weighted by Gasteiger charge is -2.40. The summed E-state index contributed by atoms with van der Waals surface area (Å²) < 4.78 is 7.37. The van der Waals surface area contributed by atoms with Crippen molar-refractivity contribution >= 4 is 38.6 Å². The number of benzene rings is 12. The molecular formula is C70H43NO. The zero-order valence-corrected chi connectivity index (χ0v) is 39.2. The molecule has 0 radical (unpaired) electrons. The van der Waals surface area contributed by atoms with Crippen LogP contribution in [0, 0.1) is 0 Å². The molecule has 0 atom stereocenters. The van der Waals surface area contributed by atoms with E-state index in [9.17, 15) is 0 Å². The van der Waals surface area contributed by atoms with Gasteiger partial charge in [0.05, 0.1) is 22.2 Å². The fourth-order valence-electron chi connectivity index (χ4n) is 13.8. The minimum Gasteiger partial charge on any atom is -0.455 e. The molecule has 72 heavy (non-hydrogen) atoms. The fourth-order valence-corrected chi connectivity index (χ4v) is 13.8. The monoisotopic (exact) mass is 913 g/mol. The lowest BCUT2D eigenvalue weighted by molar-refractivity contribution is 0.447. The van der Waals surface area contributed by atoms with Gasteiger partial charge >= 0.3 is 0 Å². The first-order valence-electron chi connectivity index (χ1n) is 25.1. The van der Waals surface area contributed by atoms with E-state index in [2.05, 4.69) is 266 Å². The van der Waals surface area contributed by atoms with Gasteiger partial charge in [-0.2, -0.15) is 0 Å². The average Bonchev–Trinajstić information content (AvgIpc) is 4.05. The van der Waals surface area contributed by atoms with Crippen LogP contribution < -0.4 is 9.64 Å². The van der Waals surface area contributed by atoms with Gasteiger partial charge in [0.15, 0.2) is 0 Å². The lowest BCUT2D eigenvalue weighted by Crippen LogP contribution is -2.32. The molecule has 0 bridgehead atoms. The first-order chi connectivity index (χ1) is 35.7. The number of rotatable bonds is 4. The van der Waals surface area contributed by atoms with E-state index < -0.39 is 10.8 Å². The van der Waals surface area contributed by atoms with Gasteiger partial charge in [0, 0.05) is 38.7 Å². The molecule has 0 saturated carbocycles. The van der Waals surface area contributed by atoms with Crippen LogP contribution in [0.1, 0.15) is 44.5 Å². The molecule has 2 spiro atoms. The van der Waals surface area contributed by atoms with Crippen molar-refractivity contribution < 1.29 is 4.74 Å². The number of hydrogen-bond acceptors (Lipinski definition) is 2. The third-order valence-electron chi connectivity index (χ3n) is 16.5. The Hall–Kier alpha value is -9.24. The van der Waals surface area contributed by atoms with E-state index in [1.54, 1.807) is 0 Å². The van der Waals surface area contributed by atoms with Crippen LogP contribution in [0.25, 0.3) is 66.1 Å². The van der Waals surface area contributed by atoms with Crippen LogP contribution in [0.15, 0.2) is 261 Å². The van der Waals surface area contributed by atoms with Gasteiger partial charge in [0.2, 0.25) is 0 Å². The first kappa shape index (κ1) is 39.6. The van der Waals surface area contributed by atoms with E-state index >= 15 is 0 Å². The van der Waals surface area contributed by atoms with E-state index in [0.717, 1.165) is 72.4 Å². The summed E-state index contributed by atoms with van der Waals surface area (Å²) in [5, 5.41) is 4.52. The van der Waals surface area contributed by atoms with E-state index in [-0.39, 0.29) is 0 Å². The van der Waals surface area contributed by atoms with E-state index in [4.69, 9.17) is 4.74 Å². The summed E-state index contributed by atoms with van der Waals surface area (Å²) in [5.41, 5.74) is 22.1. The van der Waals surface area contributed by atoms with Crippen LogP contribution in [-0.4, -0.2) is 0 Å². The third kappa shape index (κ3) is 4.98. The summed E-state index contributed by atoms with van der Waals surface area (Å²) in [6.07, 6.45) is 0. The predicted octanol–water partition coefficient (Wildman–Crippen LogP) is 17.9. The molecule has 3 aliphatic carbocycles. The molecule has 16 rings (SSSR count). The molecule has 0 aromatic heterocycles. The van der Waals surface area contributed by atoms with E-state index in [0.29, 0.717) is 0 Å². The minimum absolute atomic E-state index is 0.496. The Morgan fingerprint density at radius 3 is 1.33 bits per heavy atom. The van der Waals surface area contributed by atoms with Crippen molar-refractivity contribution in [3.63, 3.8) is 0 Å². The second-order valence-corrected chi connectivity index (χ2v) is 19.8.